The summed E-state index contributed by atoms with van der Waals surface area (Å²) in [7, 11) is 2.81. The van der Waals surface area contributed by atoms with Crippen LogP contribution in [0.3, 0.4) is 0 Å². The first-order valence-corrected chi connectivity index (χ1v) is 10.3. The molecule has 4 heterocycles. The Balaban J connectivity index is 1.61. The van der Waals surface area contributed by atoms with Gasteiger partial charge < -0.3 is 24.4 Å². The molecule has 9 nitrogen and oxygen atoms in total. The van der Waals surface area contributed by atoms with Gasteiger partial charge in [0.15, 0.2) is 6.10 Å². The van der Waals surface area contributed by atoms with Crippen molar-refractivity contribution in [2.45, 2.75) is 31.0 Å². The van der Waals surface area contributed by atoms with Crippen molar-refractivity contribution < 1.29 is 36.2 Å². The molecule has 0 amide bonds. The van der Waals surface area contributed by atoms with Gasteiger partial charge in [0, 0.05) is 38.6 Å². The standard InChI is InChI=1S/C21H21F5N6O3/c1-19(34-3)30-14(13-8-27-11-29-18(13)33-2)7-17(31-19)32-9-16(20(22,23)10-32)35-12-4-5-28-15(6-12)21(24,25)26/h4-8,11,16,31H,9-10H2,1-3H3/t16?,19-/m1/s1. The molecule has 1 saturated heterocycles. The van der Waals surface area contributed by atoms with Crippen LogP contribution in [-0.4, -0.2) is 70.7 Å². The Bertz CT molecular complexity index is 1160. The maximum Gasteiger partial charge on any atom is 0.433 e. The third-order valence-electron chi connectivity index (χ3n) is 5.41. The zero-order valence-corrected chi connectivity index (χ0v) is 18.8. The number of aromatic nitrogens is 3. The number of nitrogens with one attached hydrogen (secondary N) is 1. The highest BCUT2D eigenvalue weighted by Gasteiger charge is 2.51. The fraction of sp³-hybridized carbons (Fsp3) is 0.429. The molecule has 0 radical (unpaired) electrons. The zero-order valence-electron chi connectivity index (χ0n) is 18.8. The molecule has 0 aliphatic carbocycles. The zero-order chi connectivity index (χ0) is 25.4. The van der Waals surface area contributed by atoms with Gasteiger partial charge in [-0.25, -0.2) is 23.7 Å². The summed E-state index contributed by atoms with van der Waals surface area (Å²) < 4.78 is 84.6. The predicted octanol–water partition coefficient (Wildman–Crippen LogP) is 2.85. The third kappa shape index (κ3) is 5.11. The fourth-order valence-corrected chi connectivity index (χ4v) is 3.62. The quantitative estimate of drug-likeness (QED) is 0.606. The Kier molecular flexibility index (Phi) is 6.25. The van der Waals surface area contributed by atoms with Crippen LogP contribution >= 0.6 is 0 Å². The van der Waals surface area contributed by atoms with Crippen LogP contribution in [0.1, 0.15) is 18.2 Å². The lowest BCUT2D eigenvalue weighted by Gasteiger charge is -2.35. The van der Waals surface area contributed by atoms with Crippen LogP contribution in [0.25, 0.3) is 0 Å². The molecule has 4 rings (SSSR count). The van der Waals surface area contributed by atoms with E-state index in [9.17, 15) is 22.0 Å². The SMILES string of the molecule is COc1ncncc1C1=N[C@@](C)(OC)NC(N2CC(Oc3ccnc(C(F)(F)F)c3)C(F)(F)C2)=C1. The Hall–Kier alpha value is -3.55. The second-order valence-corrected chi connectivity index (χ2v) is 7.91. The Morgan fingerprint density at radius 3 is 2.66 bits per heavy atom. The Labute approximate surface area is 196 Å². The normalized spacial score (nSPS) is 23.9. The highest BCUT2D eigenvalue weighted by atomic mass is 19.4. The fourth-order valence-electron chi connectivity index (χ4n) is 3.62. The monoisotopic (exact) mass is 500 g/mol. The molecule has 2 aromatic rings. The highest BCUT2D eigenvalue weighted by molar-refractivity contribution is 6.10. The van der Waals surface area contributed by atoms with Gasteiger partial charge in [-0.05, 0) is 6.07 Å². The number of pyridine rings is 1. The molecule has 35 heavy (non-hydrogen) atoms. The summed E-state index contributed by atoms with van der Waals surface area (Å²) in [5, 5.41) is 2.96. The number of ether oxygens (including phenoxy) is 3. The summed E-state index contributed by atoms with van der Waals surface area (Å²) in [5.41, 5.74) is -0.509. The molecule has 1 unspecified atom stereocenters. The molecule has 2 aliphatic rings. The summed E-state index contributed by atoms with van der Waals surface area (Å²) in [5.74, 6) is -4.60. The molecule has 2 aliphatic heterocycles. The van der Waals surface area contributed by atoms with Gasteiger partial charge in [-0.15, -0.1) is 0 Å². The van der Waals surface area contributed by atoms with E-state index < -0.39 is 36.3 Å². The summed E-state index contributed by atoms with van der Waals surface area (Å²) in [4.78, 5) is 17.0. The number of nitrogens with zero attached hydrogens (tertiary/aromatic N) is 5. The Morgan fingerprint density at radius 2 is 1.97 bits per heavy atom. The molecule has 2 aromatic heterocycles. The molecular weight excluding hydrogens is 479 g/mol. The van der Waals surface area contributed by atoms with Gasteiger partial charge >= 0.3 is 12.1 Å². The van der Waals surface area contributed by atoms with Crippen molar-refractivity contribution in [3.05, 3.63) is 54.0 Å². The first kappa shape index (κ1) is 24.6. The molecule has 0 saturated carbocycles. The minimum absolute atomic E-state index is 0.223. The maximum absolute atomic E-state index is 14.9. The molecular formula is C21H21F5N6O3. The van der Waals surface area contributed by atoms with Crippen LogP contribution < -0.4 is 14.8 Å². The van der Waals surface area contributed by atoms with E-state index in [0.717, 1.165) is 12.3 Å². The molecule has 0 aromatic carbocycles. The van der Waals surface area contributed by atoms with Gasteiger partial charge in [0.05, 0.1) is 31.5 Å². The number of allylic oxidation sites excluding steroid dienone is 1. The second kappa shape index (κ2) is 8.91. The van der Waals surface area contributed by atoms with E-state index in [-0.39, 0.29) is 24.0 Å². The largest absolute Gasteiger partial charge is 0.482 e. The van der Waals surface area contributed by atoms with E-state index in [1.165, 1.54) is 37.7 Å². The average molecular weight is 500 g/mol. The Morgan fingerprint density at radius 1 is 1.20 bits per heavy atom. The van der Waals surface area contributed by atoms with Gasteiger partial charge in [0.2, 0.25) is 11.7 Å². The number of alkyl halides is 5. The minimum atomic E-state index is -4.73. The molecule has 1 N–H and O–H groups in total. The molecule has 14 heteroatoms. The van der Waals surface area contributed by atoms with E-state index in [0.29, 0.717) is 17.3 Å². The van der Waals surface area contributed by atoms with Crippen molar-refractivity contribution in [1.82, 2.24) is 25.2 Å². The van der Waals surface area contributed by atoms with Crippen LogP contribution in [-0.2, 0) is 10.9 Å². The van der Waals surface area contributed by atoms with Crippen molar-refractivity contribution in [3.8, 4) is 11.6 Å². The van der Waals surface area contributed by atoms with E-state index >= 15 is 0 Å². The lowest BCUT2D eigenvalue weighted by Crippen LogP contribution is -2.49. The summed E-state index contributed by atoms with van der Waals surface area (Å²) in [6.45, 7) is 0.502. The van der Waals surface area contributed by atoms with Crippen molar-refractivity contribution in [2.75, 3.05) is 27.3 Å². The van der Waals surface area contributed by atoms with Crippen molar-refractivity contribution in [1.29, 1.82) is 0 Å². The van der Waals surface area contributed by atoms with Crippen molar-refractivity contribution in [2.24, 2.45) is 4.99 Å². The number of aliphatic imine (C=N–C) groups is 1. The van der Waals surface area contributed by atoms with Crippen molar-refractivity contribution >= 4 is 5.71 Å². The van der Waals surface area contributed by atoms with E-state index in [1.807, 2.05) is 0 Å². The number of rotatable bonds is 6. The predicted molar refractivity (Wildman–Crippen MR) is 112 cm³/mol. The van der Waals surface area contributed by atoms with Crippen LogP contribution in [0.5, 0.6) is 11.6 Å². The first-order valence-electron chi connectivity index (χ1n) is 10.3. The topological polar surface area (TPSA) is 94.0 Å². The van der Waals surface area contributed by atoms with Gasteiger partial charge in [-0.3, -0.25) is 4.98 Å². The van der Waals surface area contributed by atoms with Gasteiger partial charge in [0.1, 0.15) is 23.6 Å². The number of hydrogen-bond donors (Lipinski definition) is 1. The van der Waals surface area contributed by atoms with Crippen LogP contribution in [0.15, 0.2) is 47.7 Å². The van der Waals surface area contributed by atoms with Crippen LogP contribution in [0.4, 0.5) is 22.0 Å². The van der Waals surface area contributed by atoms with Gasteiger partial charge in [-0.2, -0.15) is 13.2 Å². The molecule has 0 bridgehead atoms. The molecule has 2 atom stereocenters. The number of methoxy groups -OCH3 is 2. The van der Waals surface area contributed by atoms with Gasteiger partial charge in [0.25, 0.3) is 0 Å². The number of halogens is 5. The lowest BCUT2D eigenvalue weighted by molar-refractivity contribution is -0.141. The highest BCUT2D eigenvalue weighted by Crippen LogP contribution is 2.36. The first-order chi connectivity index (χ1) is 16.4. The van der Waals surface area contributed by atoms with Crippen molar-refractivity contribution in [3.63, 3.8) is 0 Å². The maximum atomic E-state index is 14.9. The third-order valence-corrected chi connectivity index (χ3v) is 5.41. The molecule has 1 fully saturated rings. The van der Waals surface area contributed by atoms with E-state index in [4.69, 9.17) is 14.2 Å². The van der Waals surface area contributed by atoms with E-state index in [1.54, 1.807) is 6.92 Å². The minimum Gasteiger partial charge on any atom is -0.482 e. The summed E-state index contributed by atoms with van der Waals surface area (Å²) in [6.07, 6.45) is -1.34. The molecule has 188 valence electrons. The molecule has 0 spiro atoms. The lowest BCUT2D eigenvalue weighted by atomic mass is 10.1. The number of hydrogen-bond acceptors (Lipinski definition) is 9. The second-order valence-electron chi connectivity index (χ2n) is 7.91. The summed E-state index contributed by atoms with van der Waals surface area (Å²) >= 11 is 0. The van der Waals surface area contributed by atoms with Gasteiger partial charge in [-0.1, -0.05) is 0 Å². The van der Waals surface area contributed by atoms with E-state index in [2.05, 4.69) is 25.3 Å². The number of likely N-dealkylation sites (tertiary alicyclic amines) is 1. The smallest absolute Gasteiger partial charge is 0.433 e. The van der Waals surface area contributed by atoms with Crippen LogP contribution in [0, 0.1) is 0 Å². The van der Waals surface area contributed by atoms with Crippen LogP contribution in [0.2, 0.25) is 0 Å². The average Bonchev–Trinajstić information content (AvgIpc) is 3.12. The summed E-state index contributed by atoms with van der Waals surface area (Å²) in [6, 6.07) is 1.69.